The number of nitrogens with one attached hydrogen (secondary N) is 3. The van der Waals surface area contributed by atoms with Crippen molar-refractivity contribution in [3.05, 3.63) is 0 Å². The second kappa shape index (κ2) is 24.2. The molecular weight excluding hydrogens is 550 g/mol. The number of rotatable bonds is 21. The zero-order valence-electron chi connectivity index (χ0n) is 27.8. The minimum absolute atomic E-state index is 0.0322. The van der Waals surface area contributed by atoms with Gasteiger partial charge in [0.05, 0.1) is 18.1 Å². The molecule has 0 aliphatic carbocycles. The van der Waals surface area contributed by atoms with Crippen molar-refractivity contribution < 1.29 is 19.2 Å². The molecule has 0 saturated heterocycles. The van der Waals surface area contributed by atoms with Gasteiger partial charge < -0.3 is 48.5 Å². The summed E-state index contributed by atoms with van der Waals surface area (Å²) in [6, 6.07) is -1.07. The van der Waals surface area contributed by atoms with Gasteiger partial charge in [0.15, 0.2) is 11.9 Å². The van der Waals surface area contributed by atoms with Crippen molar-refractivity contribution in [2.75, 3.05) is 13.1 Å². The molecule has 250 valence electrons. The predicted molar refractivity (Wildman–Crippen MR) is 175 cm³/mol. The highest BCUT2D eigenvalue weighted by Crippen LogP contribution is 2.20. The average Bonchev–Trinajstić information content (AvgIpc) is 2.89. The van der Waals surface area contributed by atoms with E-state index < -0.39 is 12.1 Å². The first-order valence-corrected chi connectivity index (χ1v) is 15.4. The second-order valence-corrected chi connectivity index (χ2v) is 12.4. The molecule has 0 heterocycles. The van der Waals surface area contributed by atoms with Gasteiger partial charge in [-0.2, -0.15) is 0 Å². The maximum atomic E-state index is 12.3. The molecule has 4 unspecified atom stereocenters. The van der Waals surface area contributed by atoms with Gasteiger partial charge in [-0.25, -0.2) is 0 Å². The fourth-order valence-corrected chi connectivity index (χ4v) is 4.27. The monoisotopic (exact) mass is 611 g/mol. The van der Waals surface area contributed by atoms with E-state index in [2.05, 4.69) is 53.6 Å². The Morgan fingerprint density at radius 2 is 1.09 bits per heavy atom. The van der Waals surface area contributed by atoms with Crippen LogP contribution in [0.3, 0.4) is 0 Å². The number of hydrogen-bond donors (Lipinski definition) is 7. The van der Waals surface area contributed by atoms with Crippen LogP contribution in [0.5, 0.6) is 0 Å². The van der Waals surface area contributed by atoms with E-state index in [4.69, 9.17) is 22.9 Å². The lowest BCUT2D eigenvalue weighted by atomic mass is 9.86. The summed E-state index contributed by atoms with van der Waals surface area (Å²) in [4.78, 5) is 54.5. The van der Waals surface area contributed by atoms with Crippen LogP contribution in [0.1, 0.15) is 93.9 Å². The molecule has 0 aromatic rings. The van der Waals surface area contributed by atoms with Gasteiger partial charge in [0.1, 0.15) is 12.6 Å². The minimum Gasteiger partial charge on any atom is -0.370 e. The van der Waals surface area contributed by atoms with Crippen molar-refractivity contribution >= 4 is 36.3 Å². The Hall–Kier alpha value is -3.22. The van der Waals surface area contributed by atoms with Crippen molar-refractivity contribution in [2.45, 2.75) is 118 Å². The third-order valence-electron chi connectivity index (χ3n) is 6.34. The Morgan fingerprint density at radius 1 is 0.674 bits per heavy atom. The van der Waals surface area contributed by atoms with E-state index in [9.17, 15) is 19.2 Å². The highest BCUT2D eigenvalue weighted by molar-refractivity contribution is 5.84. The first-order chi connectivity index (χ1) is 20.0. The molecule has 0 bridgehead atoms. The molecule has 0 aliphatic rings. The molecule has 0 aliphatic heterocycles. The number of carbonyl (C=O) groups excluding carboxylic acids is 4. The maximum Gasteiger partial charge on any atom is 0.237 e. The van der Waals surface area contributed by atoms with Crippen LogP contribution in [0.25, 0.3) is 0 Å². The lowest BCUT2D eigenvalue weighted by molar-refractivity contribution is -0.129. The Balaban J connectivity index is 0. The van der Waals surface area contributed by atoms with Crippen molar-refractivity contribution in [3.8, 4) is 0 Å². The fraction of sp³-hybridized carbons (Fsp3) is 0.800. The third-order valence-corrected chi connectivity index (χ3v) is 6.34. The van der Waals surface area contributed by atoms with Crippen LogP contribution < -0.4 is 38.9 Å². The molecule has 0 rings (SSSR count). The number of guanidine groups is 2. The Bertz CT molecular complexity index is 843. The summed E-state index contributed by atoms with van der Waals surface area (Å²) in [5, 5.41) is 8.85. The molecule has 13 heteroatoms. The Labute approximate surface area is 259 Å². The van der Waals surface area contributed by atoms with Crippen LogP contribution >= 0.6 is 0 Å². The number of nitrogens with zero attached hydrogens (tertiary/aromatic N) is 2. The van der Waals surface area contributed by atoms with Gasteiger partial charge in [-0.05, 0) is 56.3 Å². The normalized spacial score (nSPS) is 13.8. The summed E-state index contributed by atoms with van der Waals surface area (Å²) in [7, 11) is 0. The number of carbonyl (C=O) groups is 4. The van der Waals surface area contributed by atoms with Crippen LogP contribution in [0.4, 0.5) is 0 Å². The molecule has 0 spiro atoms. The van der Waals surface area contributed by atoms with Gasteiger partial charge in [-0.1, -0.05) is 55.4 Å². The standard InChI is InChI=1S/C15H31N5O2.C15H30N4O2/c1-10(2)8-13(19-11(3)4)14(22)20-12(9-21)6-5-7-18-15(16)17;1-10(2)8-13(11(3)4)14(21)19-12(9-20)6-5-7-18-15(16)17/h9-13,19H,5-8H2,1-4H3,(H,20,22)(H4,16,17,18);9-13H,5-8H2,1-4H3,(H,19,21)(H4,16,17,18). The van der Waals surface area contributed by atoms with Crippen molar-refractivity contribution in [1.29, 1.82) is 0 Å². The molecule has 2 amide bonds. The van der Waals surface area contributed by atoms with Gasteiger partial charge in [0.25, 0.3) is 0 Å². The Kier molecular flexibility index (Phi) is 23.6. The molecule has 4 atom stereocenters. The molecule has 11 N–H and O–H groups in total. The lowest BCUT2D eigenvalue weighted by Gasteiger charge is -2.24. The van der Waals surface area contributed by atoms with Crippen molar-refractivity contribution in [2.24, 2.45) is 56.6 Å². The van der Waals surface area contributed by atoms with Crippen LogP contribution in [0.2, 0.25) is 0 Å². The van der Waals surface area contributed by atoms with Crippen LogP contribution in [0.15, 0.2) is 9.98 Å². The summed E-state index contributed by atoms with van der Waals surface area (Å²) in [6.07, 6.45) is 5.43. The van der Waals surface area contributed by atoms with E-state index in [0.29, 0.717) is 50.6 Å². The first-order valence-electron chi connectivity index (χ1n) is 15.4. The van der Waals surface area contributed by atoms with E-state index in [0.717, 1.165) is 25.4 Å². The minimum atomic E-state index is -0.509. The lowest BCUT2D eigenvalue weighted by Crippen LogP contribution is -2.50. The number of amides is 2. The fourth-order valence-electron chi connectivity index (χ4n) is 4.27. The summed E-state index contributed by atoms with van der Waals surface area (Å²) in [5.74, 6) is 0.909. The van der Waals surface area contributed by atoms with Crippen molar-refractivity contribution in [3.63, 3.8) is 0 Å². The molecule has 0 aromatic heterocycles. The van der Waals surface area contributed by atoms with E-state index in [1.807, 2.05) is 27.7 Å². The SMILES string of the molecule is CC(C)CC(C(=O)NC(C=O)CCCN=C(N)N)C(C)C.CC(C)CC(NC(C)C)C(=O)NC(C=O)CCCN=C(N)N. The molecular formula is C30H61N9O4. The van der Waals surface area contributed by atoms with E-state index in [-0.39, 0.29) is 47.7 Å². The number of aliphatic imine (C=N–C) groups is 2. The van der Waals surface area contributed by atoms with Gasteiger partial charge in [0, 0.05) is 25.0 Å². The zero-order valence-corrected chi connectivity index (χ0v) is 27.8. The largest absolute Gasteiger partial charge is 0.370 e. The van der Waals surface area contributed by atoms with Crippen LogP contribution in [-0.2, 0) is 19.2 Å². The number of aldehydes is 2. The highest BCUT2D eigenvalue weighted by atomic mass is 16.2. The topological polar surface area (TPSA) is 233 Å². The van der Waals surface area contributed by atoms with E-state index in [1.54, 1.807) is 0 Å². The molecule has 0 fully saturated rings. The molecule has 0 radical (unpaired) electrons. The maximum absolute atomic E-state index is 12.3. The van der Waals surface area contributed by atoms with Crippen molar-refractivity contribution in [1.82, 2.24) is 16.0 Å². The number of hydrogen-bond acceptors (Lipinski definition) is 7. The smallest absolute Gasteiger partial charge is 0.237 e. The second-order valence-electron chi connectivity index (χ2n) is 12.4. The van der Waals surface area contributed by atoms with Gasteiger partial charge in [-0.15, -0.1) is 0 Å². The molecule has 0 aromatic carbocycles. The molecule has 43 heavy (non-hydrogen) atoms. The summed E-state index contributed by atoms with van der Waals surface area (Å²) >= 11 is 0. The quantitative estimate of drug-likeness (QED) is 0.0426. The summed E-state index contributed by atoms with van der Waals surface area (Å²) < 4.78 is 0. The third kappa shape index (κ3) is 24.0. The van der Waals surface area contributed by atoms with Gasteiger partial charge >= 0.3 is 0 Å². The Morgan fingerprint density at radius 3 is 1.42 bits per heavy atom. The van der Waals surface area contributed by atoms with Gasteiger partial charge in [-0.3, -0.25) is 19.6 Å². The molecule has 0 saturated carbocycles. The summed E-state index contributed by atoms with van der Waals surface area (Å²) in [5.41, 5.74) is 20.9. The predicted octanol–water partition coefficient (Wildman–Crippen LogP) is 1.18. The van der Waals surface area contributed by atoms with E-state index >= 15 is 0 Å². The van der Waals surface area contributed by atoms with Crippen LogP contribution in [-0.4, -0.2) is 73.6 Å². The zero-order chi connectivity index (χ0) is 33.5. The summed E-state index contributed by atoms with van der Waals surface area (Å²) in [6.45, 7) is 17.3. The van der Waals surface area contributed by atoms with Crippen LogP contribution in [0, 0.1) is 23.7 Å². The highest BCUT2D eigenvalue weighted by Gasteiger charge is 2.25. The van der Waals surface area contributed by atoms with Gasteiger partial charge in [0.2, 0.25) is 11.8 Å². The first kappa shape index (κ1) is 41.9. The molecule has 13 nitrogen and oxygen atoms in total. The average molecular weight is 612 g/mol. The number of nitrogens with two attached hydrogens (primary N) is 4. The van der Waals surface area contributed by atoms with E-state index in [1.165, 1.54) is 0 Å².